The number of ether oxygens (including phenoxy) is 2. The van der Waals surface area contributed by atoms with Crippen molar-refractivity contribution >= 4 is 17.7 Å². The van der Waals surface area contributed by atoms with Crippen LogP contribution in [0, 0.1) is 5.92 Å². The summed E-state index contributed by atoms with van der Waals surface area (Å²) in [7, 11) is 0. The van der Waals surface area contributed by atoms with Crippen LogP contribution in [0.4, 0.5) is 0 Å². The second-order valence-corrected chi connectivity index (χ2v) is 9.62. The first-order valence-electron chi connectivity index (χ1n) is 11.5. The number of ketones is 1. The first-order chi connectivity index (χ1) is 15.6. The van der Waals surface area contributed by atoms with Gasteiger partial charge in [-0.15, -0.1) is 0 Å². The van der Waals surface area contributed by atoms with Gasteiger partial charge in [-0.1, -0.05) is 0 Å². The number of Topliss-reactive ketones (excluding diaryl/α,β-unsaturated/α-hetero) is 1. The molecule has 2 fully saturated rings. The van der Waals surface area contributed by atoms with Gasteiger partial charge in [0.05, 0.1) is 12.5 Å². The number of hydrogen-bond donors (Lipinski definition) is 1. The van der Waals surface area contributed by atoms with E-state index in [4.69, 9.17) is 14.6 Å². The topological polar surface area (TPSA) is 99.6 Å². The molecule has 0 bridgehead atoms. The van der Waals surface area contributed by atoms with Gasteiger partial charge in [-0.3, -0.25) is 14.5 Å². The number of aliphatic carboxylic acids is 1. The highest BCUT2D eigenvalue weighted by atomic mass is 16.6. The van der Waals surface area contributed by atoms with E-state index in [0.717, 1.165) is 52.1 Å². The van der Waals surface area contributed by atoms with Crippen LogP contribution in [-0.4, -0.2) is 95.8 Å². The molecule has 2 heterocycles. The summed E-state index contributed by atoms with van der Waals surface area (Å²) in [6.45, 7) is 10.6. The van der Waals surface area contributed by atoms with Crippen LogP contribution in [0.25, 0.3) is 0 Å². The minimum Gasteiger partial charge on any atom is -0.482 e. The zero-order valence-corrected chi connectivity index (χ0v) is 19.8. The molecule has 9 heteroatoms. The Morgan fingerprint density at radius 3 is 2.06 bits per heavy atom. The van der Waals surface area contributed by atoms with Crippen molar-refractivity contribution in [2.75, 3.05) is 52.4 Å². The van der Waals surface area contributed by atoms with Gasteiger partial charge in [-0.05, 0) is 57.9 Å². The standard InChI is InChI=1S/C24H35N3O6/c1-24(2,3)33-23(31)19-8-10-26(11-9-19)27-14-12-25(13-15-27)16-21(28)18-4-6-20(7-5-18)32-17-22(29)30/h4-7,19H,8-17H2,1-3H3,(H,29,30). The Morgan fingerprint density at radius 1 is 0.939 bits per heavy atom. The van der Waals surface area contributed by atoms with E-state index >= 15 is 0 Å². The van der Waals surface area contributed by atoms with E-state index in [2.05, 4.69) is 14.9 Å². The summed E-state index contributed by atoms with van der Waals surface area (Å²) in [5.74, 6) is -0.696. The number of rotatable bonds is 8. The van der Waals surface area contributed by atoms with Crippen molar-refractivity contribution in [3.8, 4) is 5.75 Å². The first kappa shape index (κ1) is 25.1. The number of hydrogen-bond acceptors (Lipinski definition) is 8. The van der Waals surface area contributed by atoms with Crippen molar-refractivity contribution in [1.29, 1.82) is 0 Å². The summed E-state index contributed by atoms with van der Waals surface area (Å²) in [5, 5.41) is 13.3. The van der Waals surface area contributed by atoms with Crippen LogP contribution in [0.2, 0.25) is 0 Å². The van der Waals surface area contributed by atoms with E-state index in [1.165, 1.54) is 0 Å². The van der Waals surface area contributed by atoms with Gasteiger partial charge in [-0.25, -0.2) is 14.8 Å². The third kappa shape index (κ3) is 7.80. The van der Waals surface area contributed by atoms with E-state index < -0.39 is 18.2 Å². The summed E-state index contributed by atoms with van der Waals surface area (Å²) in [5.41, 5.74) is 0.141. The van der Waals surface area contributed by atoms with Gasteiger partial charge in [0.1, 0.15) is 11.4 Å². The molecule has 0 aliphatic carbocycles. The largest absolute Gasteiger partial charge is 0.482 e. The third-order valence-corrected chi connectivity index (χ3v) is 5.87. The summed E-state index contributed by atoms with van der Waals surface area (Å²) in [6, 6.07) is 6.58. The van der Waals surface area contributed by atoms with Crippen molar-refractivity contribution in [3.63, 3.8) is 0 Å². The SMILES string of the molecule is CC(C)(C)OC(=O)C1CCN(N2CCN(CC(=O)c3ccc(OCC(=O)O)cc3)CC2)CC1. The molecule has 1 aromatic rings. The minimum absolute atomic E-state index is 0.0275. The zero-order valence-electron chi connectivity index (χ0n) is 19.8. The van der Waals surface area contributed by atoms with Crippen LogP contribution in [-0.2, 0) is 14.3 Å². The Balaban J connectivity index is 1.39. The summed E-state index contributed by atoms with van der Waals surface area (Å²) < 4.78 is 10.6. The molecular formula is C24H35N3O6. The first-order valence-corrected chi connectivity index (χ1v) is 11.5. The van der Waals surface area contributed by atoms with Crippen molar-refractivity contribution in [3.05, 3.63) is 29.8 Å². The molecule has 33 heavy (non-hydrogen) atoms. The number of nitrogens with zero attached hydrogens (tertiary/aromatic N) is 3. The Kier molecular flexibility index (Phi) is 8.45. The normalized spacial score (nSPS) is 19.2. The maximum atomic E-state index is 12.6. The van der Waals surface area contributed by atoms with E-state index in [1.54, 1.807) is 24.3 Å². The molecule has 0 unspecified atom stereocenters. The van der Waals surface area contributed by atoms with Crippen LogP contribution in [0.15, 0.2) is 24.3 Å². The van der Waals surface area contributed by atoms with Gasteiger partial charge in [0.15, 0.2) is 12.4 Å². The maximum Gasteiger partial charge on any atom is 0.341 e. The van der Waals surface area contributed by atoms with Crippen LogP contribution < -0.4 is 4.74 Å². The van der Waals surface area contributed by atoms with Crippen LogP contribution in [0.5, 0.6) is 5.75 Å². The molecule has 1 N–H and O–H groups in total. The molecule has 1 aromatic carbocycles. The molecule has 182 valence electrons. The molecule has 0 amide bonds. The van der Waals surface area contributed by atoms with Crippen molar-refractivity contribution in [2.45, 2.75) is 39.2 Å². The molecular weight excluding hydrogens is 426 g/mol. The van der Waals surface area contributed by atoms with Crippen LogP contribution >= 0.6 is 0 Å². The average molecular weight is 462 g/mol. The molecule has 3 rings (SSSR count). The van der Waals surface area contributed by atoms with Crippen molar-refractivity contribution in [2.24, 2.45) is 5.92 Å². The second-order valence-electron chi connectivity index (χ2n) is 9.62. The summed E-state index contributed by atoms with van der Waals surface area (Å²) in [4.78, 5) is 37.7. The molecule has 0 saturated carbocycles. The van der Waals surface area contributed by atoms with E-state index in [1.807, 2.05) is 20.8 Å². The van der Waals surface area contributed by atoms with E-state index in [9.17, 15) is 14.4 Å². The number of piperazine rings is 1. The third-order valence-electron chi connectivity index (χ3n) is 5.87. The molecule has 2 aliphatic heterocycles. The lowest BCUT2D eigenvalue weighted by atomic mass is 9.97. The van der Waals surface area contributed by atoms with Gasteiger partial charge in [0.2, 0.25) is 0 Å². The average Bonchev–Trinajstić information content (AvgIpc) is 2.77. The molecule has 0 aromatic heterocycles. The summed E-state index contributed by atoms with van der Waals surface area (Å²) >= 11 is 0. The fourth-order valence-corrected chi connectivity index (χ4v) is 4.12. The zero-order chi connectivity index (χ0) is 24.0. The Hall–Kier alpha value is -2.49. The van der Waals surface area contributed by atoms with Gasteiger partial charge < -0.3 is 14.6 Å². The lowest BCUT2D eigenvalue weighted by Crippen LogP contribution is -2.56. The van der Waals surface area contributed by atoms with Gasteiger partial charge in [0, 0.05) is 44.8 Å². The number of carbonyl (C=O) groups is 3. The highest BCUT2D eigenvalue weighted by Gasteiger charge is 2.32. The molecule has 0 spiro atoms. The van der Waals surface area contributed by atoms with Crippen molar-refractivity contribution < 1.29 is 29.0 Å². The Labute approximate surface area is 195 Å². The highest BCUT2D eigenvalue weighted by Crippen LogP contribution is 2.23. The van der Waals surface area contributed by atoms with Gasteiger partial charge in [0.25, 0.3) is 0 Å². The molecule has 2 aliphatic rings. The fraction of sp³-hybridized carbons (Fsp3) is 0.625. The molecule has 9 nitrogen and oxygen atoms in total. The number of carboxylic acid groups (broad SMARTS) is 1. The second kappa shape index (κ2) is 11.1. The van der Waals surface area contributed by atoms with Gasteiger partial charge in [-0.2, -0.15) is 0 Å². The smallest absolute Gasteiger partial charge is 0.341 e. The van der Waals surface area contributed by atoms with Crippen LogP contribution in [0.3, 0.4) is 0 Å². The number of benzene rings is 1. The number of carboxylic acids is 1. The van der Waals surface area contributed by atoms with Crippen molar-refractivity contribution in [1.82, 2.24) is 14.9 Å². The lowest BCUT2D eigenvalue weighted by molar-refractivity contribution is -0.164. The monoisotopic (exact) mass is 461 g/mol. The summed E-state index contributed by atoms with van der Waals surface area (Å²) in [6.07, 6.45) is 1.61. The molecule has 2 saturated heterocycles. The molecule has 0 radical (unpaired) electrons. The highest BCUT2D eigenvalue weighted by molar-refractivity contribution is 5.97. The lowest BCUT2D eigenvalue weighted by Gasteiger charge is -2.43. The predicted octanol–water partition coefficient (Wildman–Crippen LogP) is 1.92. The van der Waals surface area contributed by atoms with E-state index in [-0.39, 0.29) is 17.7 Å². The Morgan fingerprint density at radius 2 is 1.52 bits per heavy atom. The maximum absolute atomic E-state index is 12.6. The number of carbonyl (C=O) groups excluding carboxylic acids is 2. The van der Waals surface area contributed by atoms with Gasteiger partial charge >= 0.3 is 11.9 Å². The molecule has 0 atom stereocenters. The van der Waals surface area contributed by atoms with E-state index in [0.29, 0.717) is 17.9 Å². The quantitative estimate of drug-likeness (QED) is 0.460. The fourth-order valence-electron chi connectivity index (χ4n) is 4.12. The minimum atomic E-state index is -1.04. The Bertz CT molecular complexity index is 820. The number of piperidine rings is 1. The number of hydrazine groups is 1. The number of esters is 1. The van der Waals surface area contributed by atoms with Crippen LogP contribution in [0.1, 0.15) is 44.0 Å². The predicted molar refractivity (Wildman–Crippen MR) is 122 cm³/mol.